The van der Waals surface area contributed by atoms with Crippen LogP contribution in [0.25, 0.3) is 0 Å². The van der Waals surface area contributed by atoms with Gasteiger partial charge in [0.2, 0.25) is 26.2 Å². The van der Waals surface area contributed by atoms with E-state index >= 15 is 4.39 Å². The molecule has 2 unspecified atom stereocenters. The Labute approximate surface area is 213 Å². The van der Waals surface area contributed by atoms with Gasteiger partial charge in [0.05, 0.1) is 28.7 Å². The van der Waals surface area contributed by atoms with Crippen molar-refractivity contribution in [3.8, 4) is 0 Å². The summed E-state index contributed by atoms with van der Waals surface area (Å²) in [5.41, 5.74) is -0.164. The molecule has 37 heavy (non-hydrogen) atoms. The van der Waals surface area contributed by atoms with Crippen molar-refractivity contribution >= 4 is 25.6 Å². The highest BCUT2D eigenvalue weighted by Crippen LogP contribution is 2.51. The van der Waals surface area contributed by atoms with Crippen LogP contribution in [-0.4, -0.2) is 45.7 Å². The summed E-state index contributed by atoms with van der Waals surface area (Å²) in [4.78, 5) is 22.0. The number of ether oxygens (including phenoxy) is 1. The minimum Gasteiger partial charge on any atom is -0.469 e. The van der Waals surface area contributed by atoms with Crippen LogP contribution in [0, 0.1) is 16.0 Å². The minimum atomic E-state index is -5.41. The second kappa shape index (κ2) is 11.2. The zero-order valence-electron chi connectivity index (χ0n) is 19.6. The van der Waals surface area contributed by atoms with E-state index in [0.29, 0.717) is 0 Å². The molecule has 12 heteroatoms. The topological polar surface area (TPSA) is 138 Å². The van der Waals surface area contributed by atoms with Crippen molar-refractivity contribution in [3.63, 3.8) is 0 Å². The molecule has 0 aromatic heterocycles. The molecular weight excluding hydrogens is 525 g/mol. The zero-order valence-corrected chi connectivity index (χ0v) is 21.3. The highest BCUT2D eigenvalue weighted by Gasteiger charge is 2.65. The number of benzene rings is 3. The molecule has 0 amide bonds. The first-order chi connectivity index (χ1) is 17.5. The van der Waals surface area contributed by atoms with Gasteiger partial charge in [0, 0.05) is 11.3 Å². The molecule has 0 bridgehead atoms. The Morgan fingerprint density at radius 1 is 0.865 bits per heavy atom. The molecule has 196 valence electrons. The Balaban J connectivity index is 2.47. The predicted molar refractivity (Wildman–Crippen MR) is 132 cm³/mol. The molecule has 3 aromatic carbocycles. The molecule has 0 fully saturated rings. The first-order valence-corrected chi connectivity index (χ1v) is 14.0. The van der Waals surface area contributed by atoms with E-state index in [2.05, 4.69) is 0 Å². The molecule has 3 aromatic rings. The number of halogens is 1. The van der Waals surface area contributed by atoms with Crippen LogP contribution in [0.15, 0.2) is 101 Å². The molecule has 0 saturated heterocycles. The summed E-state index contributed by atoms with van der Waals surface area (Å²) in [5.74, 6) is -5.26. The van der Waals surface area contributed by atoms with Crippen molar-refractivity contribution in [3.05, 3.63) is 107 Å². The Morgan fingerprint density at radius 3 is 1.65 bits per heavy atom. The third-order valence-electron chi connectivity index (χ3n) is 5.90. The van der Waals surface area contributed by atoms with Crippen molar-refractivity contribution in [2.45, 2.75) is 26.5 Å². The van der Waals surface area contributed by atoms with Crippen molar-refractivity contribution in [2.75, 3.05) is 13.7 Å². The number of hydrogen-bond donors (Lipinski definition) is 0. The number of alkyl halides is 1. The lowest BCUT2D eigenvalue weighted by atomic mass is 9.84. The van der Waals surface area contributed by atoms with Crippen LogP contribution in [0.4, 0.5) is 4.39 Å². The normalized spacial score (nSPS) is 13.9. The first-order valence-electron chi connectivity index (χ1n) is 11.0. The van der Waals surface area contributed by atoms with E-state index in [1.54, 1.807) is 0 Å². The molecule has 0 heterocycles. The van der Waals surface area contributed by atoms with Crippen LogP contribution in [0.1, 0.15) is 17.9 Å². The number of sulfone groups is 2. The fourth-order valence-electron chi connectivity index (χ4n) is 4.15. The summed E-state index contributed by atoms with van der Waals surface area (Å²) < 4.78 is 74.4. The highest BCUT2D eigenvalue weighted by atomic mass is 32.3. The van der Waals surface area contributed by atoms with Crippen LogP contribution in [-0.2, 0) is 29.2 Å². The summed E-state index contributed by atoms with van der Waals surface area (Å²) >= 11 is 0. The number of rotatable bonds is 11. The fraction of sp³-hybridized carbons (Fsp3) is 0.240. The quantitative estimate of drug-likeness (QED) is 0.200. The van der Waals surface area contributed by atoms with Crippen molar-refractivity contribution in [2.24, 2.45) is 5.92 Å². The second-order valence-corrected chi connectivity index (χ2v) is 12.5. The Morgan fingerprint density at radius 2 is 1.27 bits per heavy atom. The summed E-state index contributed by atoms with van der Waals surface area (Å²) in [6.07, 6.45) is -0.681. The number of methoxy groups -OCH3 is 1. The summed E-state index contributed by atoms with van der Waals surface area (Å²) in [6, 6.07) is 19.2. The Kier molecular flexibility index (Phi) is 8.44. The molecule has 0 N–H and O–H groups in total. The van der Waals surface area contributed by atoms with E-state index in [9.17, 15) is 31.7 Å². The maximum atomic E-state index is 17.8. The lowest BCUT2D eigenvalue weighted by molar-refractivity contribution is -0.481. The van der Waals surface area contributed by atoms with Gasteiger partial charge in [-0.05, 0) is 29.8 Å². The van der Waals surface area contributed by atoms with E-state index in [4.69, 9.17) is 4.74 Å². The third-order valence-corrected chi connectivity index (χ3v) is 11.0. The molecule has 2 atom stereocenters. The second-order valence-electron chi connectivity index (χ2n) is 8.08. The maximum Gasteiger partial charge on any atom is 0.325 e. The average molecular weight is 550 g/mol. The summed E-state index contributed by atoms with van der Waals surface area (Å²) in [7, 11) is -9.88. The van der Waals surface area contributed by atoms with Crippen LogP contribution < -0.4 is 0 Å². The fourth-order valence-corrected chi connectivity index (χ4v) is 8.82. The SMILES string of the molecule is COC(=O)C(CC[N+](=O)[O-])C(c1ccccc1)C(F)(S(=O)(=O)c1ccccc1)S(=O)(=O)c1ccccc1. The van der Waals surface area contributed by atoms with Gasteiger partial charge in [0.15, 0.2) is 0 Å². The zero-order chi connectivity index (χ0) is 27.3. The van der Waals surface area contributed by atoms with E-state index < -0.39 is 69.5 Å². The van der Waals surface area contributed by atoms with Gasteiger partial charge >= 0.3 is 10.3 Å². The Hall–Kier alpha value is -3.64. The molecule has 9 nitrogen and oxygen atoms in total. The minimum absolute atomic E-state index is 0.164. The molecule has 0 saturated carbocycles. The Bertz CT molecular complexity index is 1380. The van der Waals surface area contributed by atoms with E-state index in [1.165, 1.54) is 66.7 Å². The summed E-state index contributed by atoms with van der Waals surface area (Å²) in [5, 5.41) is 11.2. The number of esters is 1. The van der Waals surface area contributed by atoms with Crippen molar-refractivity contribution < 1.29 is 35.7 Å². The number of nitro groups is 1. The van der Waals surface area contributed by atoms with Gasteiger partial charge in [-0.25, -0.2) is 21.2 Å². The smallest absolute Gasteiger partial charge is 0.325 e. The van der Waals surface area contributed by atoms with Crippen LogP contribution in [0.2, 0.25) is 0 Å². The van der Waals surface area contributed by atoms with Crippen LogP contribution in [0.5, 0.6) is 0 Å². The van der Waals surface area contributed by atoms with E-state index in [0.717, 1.165) is 31.4 Å². The molecule has 3 rings (SSSR count). The lowest BCUT2D eigenvalue weighted by Gasteiger charge is -2.36. The number of carbonyl (C=O) groups is 1. The molecular formula is C25H24FNO8S2. The standard InChI is InChI=1S/C25H24FNO8S2/c1-35-24(28)22(17-18-27(29)30)23(19-11-5-2-6-12-19)25(26,36(31,32)20-13-7-3-8-14-20)37(33,34)21-15-9-4-10-16-21/h2-16,22-23H,17-18H2,1H3. The third kappa shape index (κ3) is 5.25. The molecule has 0 radical (unpaired) electrons. The predicted octanol–water partition coefficient (Wildman–Crippen LogP) is 3.80. The van der Waals surface area contributed by atoms with Gasteiger partial charge in [-0.2, -0.15) is 0 Å². The molecule has 0 aliphatic rings. The van der Waals surface area contributed by atoms with Crippen LogP contribution >= 0.6 is 0 Å². The largest absolute Gasteiger partial charge is 0.469 e. The highest BCUT2D eigenvalue weighted by molar-refractivity contribution is 8.10. The average Bonchev–Trinajstić information content (AvgIpc) is 2.91. The van der Waals surface area contributed by atoms with E-state index in [-0.39, 0.29) is 5.56 Å². The van der Waals surface area contributed by atoms with Crippen LogP contribution in [0.3, 0.4) is 0 Å². The van der Waals surface area contributed by atoms with Gasteiger partial charge in [0.1, 0.15) is 0 Å². The van der Waals surface area contributed by atoms with Gasteiger partial charge in [-0.15, -0.1) is 0 Å². The van der Waals surface area contributed by atoms with E-state index in [1.807, 2.05) is 0 Å². The van der Waals surface area contributed by atoms with Gasteiger partial charge < -0.3 is 4.74 Å². The van der Waals surface area contributed by atoms with Gasteiger partial charge in [0.25, 0.3) is 0 Å². The van der Waals surface area contributed by atoms with Gasteiger partial charge in [-0.1, -0.05) is 66.7 Å². The number of nitrogens with zero attached hydrogens (tertiary/aromatic N) is 1. The van der Waals surface area contributed by atoms with Gasteiger partial charge in [-0.3, -0.25) is 14.9 Å². The first kappa shape index (κ1) is 27.9. The van der Waals surface area contributed by atoms with Crippen molar-refractivity contribution in [1.82, 2.24) is 0 Å². The maximum absolute atomic E-state index is 17.8. The molecule has 0 aliphatic heterocycles. The number of hydrogen-bond acceptors (Lipinski definition) is 8. The summed E-state index contributed by atoms with van der Waals surface area (Å²) in [6.45, 7) is -0.865. The molecule has 0 spiro atoms. The lowest BCUT2D eigenvalue weighted by Crippen LogP contribution is -2.51. The molecule has 0 aliphatic carbocycles. The number of carbonyl (C=O) groups excluding carboxylic acids is 1. The van der Waals surface area contributed by atoms with Crippen molar-refractivity contribution in [1.29, 1.82) is 0 Å². The monoisotopic (exact) mass is 549 g/mol.